The number of hydrogen-bond donors (Lipinski definition) is 1. The van der Waals surface area contributed by atoms with Crippen LogP contribution in [-0.4, -0.2) is 12.1 Å². The van der Waals surface area contributed by atoms with Gasteiger partial charge in [0.25, 0.3) is 0 Å². The maximum atomic E-state index is 3.73. The van der Waals surface area contributed by atoms with Crippen LogP contribution in [0, 0.1) is 11.8 Å². The summed E-state index contributed by atoms with van der Waals surface area (Å²) in [4.78, 5) is 0. The lowest BCUT2D eigenvalue weighted by atomic mass is 9.99. The molecule has 1 N–H and O–H groups in total. The molecule has 76 valence electrons. The standard InChI is InChI=1S/C12H23N/c1-9-7-12(9)13-10(2)8-11-5-3-4-6-11/h9-13H,3-8H2,1-2H3. The van der Waals surface area contributed by atoms with Crippen LogP contribution >= 0.6 is 0 Å². The van der Waals surface area contributed by atoms with Crippen molar-refractivity contribution >= 4 is 0 Å². The fourth-order valence-electron chi connectivity index (χ4n) is 2.73. The molecule has 0 aromatic heterocycles. The van der Waals surface area contributed by atoms with Gasteiger partial charge < -0.3 is 5.32 Å². The Balaban J connectivity index is 1.62. The molecule has 0 amide bonds. The SMILES string of the molecule is CC(CC1CCCC1)NC1CC1C. The number of nitrogens with one attached hydrogen (secondary N) is 1. The molecule has 0 bridgehead atoms. The molecule has 13 heavy (non-hydrogen) atoms. The van der Waals surface area contributed by atoms with Crippen LogP contribution in [0.2, 0.25) is 0 Å². The fraction of sp³-hybridized carbons (Fsp3) is 1.00. The van der Waals surface area contributed by atoms with Crippen molar-refractivity contribution in [3.63, 3.8) is 0 Å². The molecule has 1 nitrogen and oxygen atoms in total. The van der Waals surface area contributed by atoms with Gasteiger partial charge in [0, 0.05) is 12.1 Å². The monoisotopic (exact) mass is 181 g/mol. The minimum atomic E-state index is 0.762. The largest absolute Gasteiger partial charge is 0.311 e. The molecule has 2 aliphatic carbocycles. The topological polar surface area (TPSA) is 12.0 Å². The fourth-order valence-corrected chi connectivity index (χ4v) is 2.73. The molecule has 3 unspecified atom stereocenters. The quantitative estimate of drug-likeness (QED) is 0.703. The van der Waals surface area contributed by atoms with E-state index in [0.717, 1.165) is 23.9 Å². The lowest BCUT2D eigenvalue weighted by Crippen LogP contribution is -2.30. The first-order valence-electron chi connectivity index (χ1n) is 6.01. The highest BCUT2D eigenvalue weighted by atomic mass is 15.0. The lowest BCUT2D eigenvalue weighted by Gasteiger charge is -2.17. The summed E-state index contributed by atoms with van der Waals surface area (Å²) < 4.78 is 0. The van der Waals surface area contributed by atoms with Crippen LogP contribution in [0.5, 0.6) is 0 Å². The molecule has 0 aliphatic heterocycles. The van der Waals surface area contributed by atoms with E-state index < -0.39 is 0 Å². The van der Waals surface area contributed by atoms with Gasteiger partial charge in [-0.15, -0.1) is 0 Å². The Labute approximate surface area is 82.3 Å². The van der Waals surface area contributed by atoms with Crippen molar-refractivity contribution in [3.8, 4) is 0 Å². The molecular formula is C12H23N. The van der Waals surface area contributed by atoms with E-state index in [1.807, 2.05) is 0 Å². The Morgan fingerprint density at radius 1 is 1.31 bits per heavy atom. The number of rotatable bonds is 4. The van der Waals surface area contributed by atoms with Crippen LogP contribution in [0.25, 0.3) is 0 Å². The van der Waals surface area contributed by atoms with E-state index in [1.54, 1.807) is 0 Å². The second-order valence-corrected chi connectivity index (χ2v) is 5.27. The zero-order chi connectivity index (χ0) is 9.26. The van der Waals surface area contributed by atoms with Gasteiger partial charge >= 0.3 is 0 Å². The van der Waals surface area contributed by atoms with Crippen LogP contribution in [0.15, 0.2) is 0 Å². The van der Waals surface area contributed by atoms with E-state index >= 15 is 0 Å². The second kappa shape index (κ2) is 4.00. The Hall–Kier alpha value is -0.0400. The number of hydrogen-bond acceptors (Lipinski definition) is 1. The van der Waals surface area contributed by atoms with Crippen molar-refractivity contribution in [3.05, 3.63) is 0 Å². The third-order valence-corrected chi connectivity index (χ3v) is 3.77. The van der Waals surface area contributed by atoms with Crippen molar-refractivity contribution in [2.45, 2.75) is 64.5 Å². The molecule has 2 saturated carbocycles. The van der Waals surface area contributed by atoms with Gasteiger partial charge in [-0.1, -0.05) is 32.6 Å². The predicted molar refractivity (Wildman–Crippen MR) is 56.7 cm³/mol. The summed E-state index contributed by atoms with van der Waals surface area (Å²) >= 11 is 0. The van der Waals surface area contributed by atoms with Gasteiger partial charge in [0.2, 0.25) is 0 Å². The van der Waals surface area contributed by atoms with Gasteiger partial charge in [-0.3, -0.25) is 0 Å². The van der Waals surface area contributed by atoms with Crippen LogP contribution in [0.1, 0.15) is 52.4 Å². The van der Waals surface area contributed by atoms with Gasteiger partial charge in [0.1, 0.15) is 0 Å². The van der Waals surface area contributed by atoms with Crippen LogP contribution < -0.4 is 5.32 Å². The smallest absolute Gasteiger partial charge is 0.00988 e. The molecule has 0 heterocycles. The molecule has 2 aliphatic rings. The van der Waals surface area contributed by atoms with E-state index in [9.17, 15) is 0 Å². The Morgan fingerprint density at radius 3 is 2.46 bits per heavy atom. The third-order valence-electron chi connectivity index (χ3n) is 3.77. The zero-order valence-corrected chi connectivity index (χ0v) is 9.05. The molecule has 2 rings (SSSR count). The molecule has 2 fully saturated rings. The highest BCUT2D eigenvalue weighted by Gasteiger charge is 2.33. The van der Waals surface area contributed by atoms with Gasteiger partial charge in [0.05, 0.1) is 0 Å². The van der Waals surface area contributed by atoms with E-state index in [0.29, 0.717) is 0 Å². The molecule has 0 saturated heterocycles. The Kier molecular flexibility index (Phi) is 2.92. The van der Waals surface area contributed by atoms with Crippen LogP contribution in [0.3, 0.4) is 0 Å². The van der Waals surface area contributed by atoms with Crippen molar-refractivity contribution in [2.75, 3.05) is 0 Å². The van der Waals surface area contributed by atoms with Crippen LogP contribution in [-0.2, 0) is 0 Å². The van der Waals surface area contributed by atoms with E-state index in [1.165, 1.54) is 38.5 Å². The van der Waals surface area contributed by atoms with Crippen molar-refractivity contribution in [1.29, 1.82) is 0 Å². The van der Waals surface area contributed by atoms with Crippen LogP contribution in [0.4, 0.5) is 0 Å². The highest BCUT2D eigenvalue weighted by molar-refractivity contribution is 4.91. The Bertz CT molecular complexity index is 161. The highest BCUT2D eigenvalue weighted by Crippen LogP contribution is 2.32. The van der Waals surface area contributed by atoms with Gasteiger partial charge in [0.15, 0.2) is 0 Å². The van der Waals surface area contributed by atoms with Crippen molar-refractivity contribution < 1.29 is 0 Å². The molecule has 0 aromatic carbocycles. The van der Waals surface area contributed by atoms with E-state index in [-0.39, 0.29) is 0 Å². The summed E-state index contributed by atoms with van der Waals surface area (Å²) in [5.41, 5.74) is 0. The summed E-state index contributed by atoms with van der Waals surface area (Å²) in [5, 5.41) is 3.73. The molecule has 1 heteroatoms. The van der Waals surface area contributed by atoms with Crippen molar-refractivity contribution in [1.82, 2.24) is 5.32 Å². The first-order valence-corrected chi connectivity index (χ1v) is 6.01. The lowest BCUT2D eigenvalue weighted by molar-refractivity contribution is 0.399. The summed E-state index contributed by atoms with van der Waals surface area (Å²) in [6.45, 7) is 4.71. The van der Waals surface area contributed by atoms with Crippen molar-refractivity contribution in [2.24, 2.45) is 11.8 Å². The second-order valence-electron chi connectivity index (χ2n) is 5.27. The minimum Gasteiger partial charge on any atom is -0.311 e. The summed E-state index contributed by atoms with van der Waals surface area (Å²) in [5.74, 6) is 1.99. The molecule has 3 atom stereocenters. The average molecular weight is 181 g/mol. The maximum Gasteiger partial charge on any atom is 0.00988 e. The predicted octanol–water partition coefficient (Wildman–Crippen LogP) is 2.95. The van der Waals surface area contributed by atoms with Gasteiger partial charge in [-0.2, -0.15) is 0 Å². The molecule has 0 radical (unpaired) electrons. The first-order chi connectivity index (χ1) is 6.25. The van der Waals surface area contributed by atoms with E-state index in [2.05, 4.69) is 19.2 Å². The molecule has 0 aromatic rings. The van der Waals surface area contributed by atoms with E-state index in [4.69, 9.17) is 0 Å². The summed E-state index contributed by atoms with van der Waals surface area (Å²) in [7, 11) is 0. The summed E-state index contributed by atoms with van der Waals surface area (Å²) in [6, 6.07) is 1.62. The summed E-state index contributed by atoms with van der Waals surface area (Å²) in [6.07, 6.45) is 8.78. The maximum absolute atomic E-state index is 3.73. The molecular weight excluding hydrogens is 158 g/mol. The first kappa shape index (κ1) is 9.51. The van der Waals surface area contributed by atoms with Gasteiger partial charge in [-0.05, 0) is 31.6 Å². The van der Waals surface area contributed by atoms with Gasteiger partial charge in [-0.25, -0.2) is 0 Å². The normalized spacial score (nSPS) is 36.5. The Morgan fingerprint density at radius 2 is 1.92 bits per heavy atom. The average Bonchev–Trinajstić information content (AvgIpc) is 2.61. The third kappa shape index (κ3) is 2.70. The zero-order valence-electron chi connectivity index (χ0n) is 9.05. The molecule has 0 spiro atoms. The minimum absolute atomic E-state index is 0.762.